The third-order valence-corrected chi connectivity index (χ3v) is 2.38. The quantitative estimate of drug-likeness (QED) is 0.633. The smallest absolute Gasteiger partial charge is 0.0754 e. The Bertz CT molecular complexity index is 442. The number of rotatable bonds is 3. The van der Waals surface area contributed by atoms with Gasteiger partial charge in [0.25, 0.3) is 0 Å². The summed E-state index contributed by atoms with van der Waals surface area (Å²) in [5, 5.41) is 2.16. The third-order valence-electron chi connectivity index (χ3n) is 2.13. The molecule has 0 amide bonds. The van der Waals surface area contributed by atoms with Crippen LogP contribution in [0.3, 0.4) is 0 Å². The molecule has 16 heavy (non-hydrogen) atoms. The van der Waals surface area contributed by atoms with E-state index < -0.39 is 0 Å². The molecule has 0 heterocycles. The number of hydrogen-bond acceptors (Lipinski definition) is 3. The average Bonchev–Trinajstić information content (AvgIpc) is 2.33. The minimum atomic E-state index is 0.703. The molecule has 0 aromatic heterocycles. The molecule has 0 aliphatic heterocycles. The first kappa shape index (κ1) is 10.8. The minimum absolute atomic E-state index is 0.703. The van der Waals surface area contributed by atoms with Crippen molar-refractivity contribution < 1.29 is 0 Å². The fourth-order valence-electron chi connectivity index (χ4n) is 1.32. The van der Waals surface area contributed by atoms with Crippen LogP contribution in [-0.2, 0) is 0 Å². The Hall–Kier alpha value is -1.71. The van der Waals surface area contributed by atoms with Gasteiger partial charge in [-0.25, -0.2) is 11.0 Å². The predicted molar refractivity (Wildman–Crippen MR) is 68.2 cm³/mol. The second-order valence-electron chi connectivity index (χ2n) is 3.32. The van der Waals surface area contributed by atoms with Gasteiger partial charge in [-0.15, -0.1) is 0 Å². The van der Waals surface area contributed by atoms with Crippen molar-refractivity contribution in [3.8, 4) is 0 Å². The Balaban J connectivity index is 2.08. The Kier molecular flexibility index (Phi) is 3.29. The van der Waals surface area contributed by atoms with E-state index in [2.05, 4.69) is 5.43 Å². The lowest BCUT2D eigenvalue weighted by Gasteiger charge is -2.20. The minimum Gasteiger partial charge on any atom is -0.284 e. The second-order valence-corrected chi connectivity index (χ2v) is 3.76. The number of hydrazine groups is 2. The Morgan fingerprint density at radius 1 is 0.938 bits per heavy atom. The van der Waals surface area contributed by atoms with Crippen molar-refractivity contribution in [2.75, 3.05) is 10.5 Å². The van der Waals surface area contributed by atoms with Crippen LogP contribution >= 0.6 is 11.6 Å². The number of hydrogen-bond donors (Lipinski definition) is 2. The van der Waals surface area contributed by atoms with Crippen LogP contribution in [0.2, 0.25) is 5.02 Å². The lowest BCUT2D eigenvalue weighted by molar-refractivity contribution is 0.991. The van der Waals surface area contributed by atoms with Gasteiger partial charge in [-0.2, -0.15) is 0 Å². The van der Waals surface area contributed by atoms with Crippen molar-refractivity contribution in [2.24, 2.45) is 5.84 Å². The number of benzene rings is 2. The molecule has 0 saturated heterocycles. The number of halogens is 1. The molecule has 2 rings (SSSR count). The zero-order valence-electron chi connectivity index (χ0n) is 8.60. The largest absolute Gasteiger partial charge is 0.284 e. The van der Waals surface area contributed by atoms with E-state index in [1.54, 1.807) is 0 Å². The van der Waals surface area contributed by atoms with E-state index >= 15 is 0 Å². The maximum absolute atomic E-state index is 5.85. The van der Waals surface area contributed by atoms with Gasteiger partial charge in [-0.3, -0.25) is 5.43 Å². The Morgan fingerprint density at radius 3 is 2.19 bits per heavy atom. The molecule has 0 radical (unpaired) electrons. The fourth-order valence-corrected chi connectivity index (χ4v) is 1.44. The van der Waals surface area contributed by atoms with Crippen LogP contribution in [0.4, 0.5) is 11.4 Å². The third kappa shape index (κ3) is 2.66. The molecule has 0 saturated carbocycles. The summed E-state index contributed by atoms with van der Waals surface area (Å²) in [5.41, 5.74) is 4.81. The maximum atomic E-state index is 5.85. The molecule has 2 aromatic carbocycles. The summed E-state index contributed by atoms with van der Waals surface area (Å²) >= 11 is 5.79. The SMILES string of the molecule is NN(Nc1ccc(Cl)cc1)c1ccccc1. The standard InChI is InChI=1S/C12H12ClN3/c13-10-6-8-11(9-7-10)15-16(14)12-4-2-1-3-5-12/h1-9,15H,14H2. The molecule has 0 aliphatic carbocycles. The lowest BCUT2D eigenvalue weighted by atomic mass is 10.3. The molecular weight excluding hydrogens is 222 g/mol. The molecule has 0 unspecified atom stereocenters. The second kappa shape index (κ2) is 4.88. The highest BCUT2D eigenvalue weighted by molar-refractivity contribution is 6.30. The number of anilines is 2. The highest BCUT2D eigenvalue weighted by atomic mass is 35.5. The van der Waals surface area contributed by atoms with Gasteiger partial charge in [-0.05, 0) is 36.4 Å². The summed E-state index contributed by atoms with van der Waals surface area (Å²) in [6, 6.07) is 17.0. The predicted octanol–water partition coefficient (Wildman–Crippen LogP) is 3.05. The van der Waals surface area contributed by atoms with Gasteiger partial charge in [0.2, 0.25) is 0 Å². The van der Waals surface area contributed by atoms with E-state index in [1.165, 1.54) is 5.12 Å². The molecule has 0 aliphatic rings. The van der Waals surface area contributed by atoms with Gasteiger partial charge in [0.15, 0.2) is 0 Å². The van der Waals surface area contributed by atoms with Crippen molar-refractivity contribution >= 4 is 23.0 Å². The van der Waals surface area contributed by atoms with E-state index in [4.69, 9.17) is 17.4 Å². The van der Waals surface area contributed by atoms with E-state index in [9.17, 15) is 0 Å². The van der Waals surface area contributed by atoms with E-state index in [0.29, 0.717) is 5.02 Å². The normalized spacial score (nSPS) is 9.88. The number of nitrogens with two attached hydrogens (primary N) is 1. The zero-order valence-corrected chi connectivity index (χ0v) is 9.35. The van der Waals surface area contributed by atoms with Crippen molar-refractivity contribution in [2.45, 2.75) is 0 Å². The summed E-state index contributed by atoms with van der Waals surface area (Å²) in [7, 11) is 0. The first-order valence-corrected chi connectivity index (χ1v) is 5.25. The Labute approximate surface area is 99.4 Å². The average molecular weight is 234 g/mol. The summed E-state index contributed by atoms with van der Waals surface area (Å²) in [6.45, 7) is 0. The highest BCUT2D eigenvalue weighted by Crippen LogP contribution is 2.16. The number of para-hydroxylation sites is 1. The van der Waals surface area contributed by atoms with Crippen LogP contribution in [-0.4, -0.2) is 0 Å². The number of nitrogens with one attached hydrogen (secondary N) is 1. The molecular formula is C12H12ClN3. The maximum Gasteiger partial charge on any atom is 0.0754 e. The van der Waals surface area contributed by atoms with Crippen LogP contribution in [0, 0.1) is 0 Å². The molecule has 82 valence electrons. The van der Waals surface area contributed by atoms with E-state index in [-0.39, 0.29) is 0 Å². The summed E-state index contributed by atoms with van der Waals surface area (Å²) in [6.07, 6.45) is 0. The van der Waals surface area contributed by atoms with Gasteiger partial charge in [0.1, 0.15) is 0 Å². The van der Waals surface area contributed by atoms with Gasteiger partial charge in [0.05, 0.1) is 11.4 Å². The van der Waals surface area contributed by atoms with Crippen molar-refractivity contribution in [3.63, 3.8) is 0 Å². The summed E-state index contributed by atoms with van der Waals surface area (Å²) in [5.74, 6) is 5.85. The fraction of sp³-hybridized carbons (Fsp3) is 0. The van der Waals surface area contributed by atoms with Crippen LogP contribution in [0.1, 0.15) is 0 Å². The van der Waals surface area contributed by atoms with Crippen molar-refractivity contribution in [1.29, 1.82) is 0 Å². The van der Waals surface area contributed by atoms with Gasteiger partial charge >= 0.3 is 0 Å². The van der Waals surface area contributed by atoms with Gasteiger partial charge in [-0.1, -0.05) is 29.8 Å². The monoisotopic (exact) mass is 233 g/mol. The topological polar surface area (TPSA) is 41.3 Å². The molecule has 2 aromatic rings. The van der Waals surface area contributed by atoms with Crippen molar-refractivity contribution in [1.82, 2.24) is 0 Å². The van der Waals surface area contributed by atoms with Crippen LogP contribution in [0.25, 0.3) is 0 Å². The van der Waals surface area contributed by atoms with Gasteiger partial charge < -0.3 is 0 Å². The molecule has 0 fully saturated rings. The number of nitrogens with zero attached hydrogens (tertiary/aromatic N) is 1. The van der Waals surface area contributed by atoms with Crippen LogP contribution < -0.4 is 16.4 Å². The first-order chi connectivity index (χ1) is 7.75. The van der Waals surface area contributed by atoms with E-state index in [1.807, 2.05) is 54.6 Å². The van der Waals surface area contributed by atoms with Gasteiger partial charge in [0, 0.05) is 5.02 Å². The molecule has 3 N–H and O–H groups in total. The van der Waals surface area contributed by atoms with E-state index in [0.717, 1.165) is 11.4 Å². The lowest BCUT2D eigenvalue weighted by Crippen LogP contribution is -2.36. The summed E-state index contributed by atoms with van der Waals surface area (Å²) in [4.78, 5) is 0. The summed E-state index contributed by atoms with van der Waals surface area (Å²) < 4.78 is 0. The van der Waals surface area contributed by atoms with Crippen LogP contribution in [0.5, 0.6) is 0 Å². The van der Waals surface area contributed by atoms with Crippen molar-refractivity contribution in [3.05, 3.63) is 59.6 Å². The zero-order chi connectivity index (χ0) is 11.4. The molecule has 0 spiro atoms. The molecule has 0 bridgehead atoms. The molecule has 3 nitrogen and oxygen atoms in total. The first-order valence-electron chi connectivity index (χ1n) is 4.88. The Morgan fingerprint density at radius 2 is 1.56 bits per heavy atom. The highest BCUT2D eigenvalue weighted by Gasteiger charge is 1.99. The molecule has 0 atom stereocenters. The molecule has 4 heteroatoms. The van der Waals surface area contributed by atoms with Crippen LogP contribution in [0.15, 0.2) is 54.6 Å².